The molecule has 2 N–H and O–H groups in total. The molecule has 0 spiro atoms. The Morgan fingerprint density at radius 2 is 2.04 bits per heavy atom. The summed E-state index contributed by atoms with van der Waals surface area (Å²) in [6, 6.07) is 7.61. The molecule has 1 saturated carbocycles. The Bertz CT molecular complexity index is 575. The van der Waals surface area contributed by atoms with Crippen LogP contribution in [-0.4, -0.2) is 34.9 Å². The molecule has 1 fully saturated rings. The summed E-state index contributed by atoms with van der Waals surface area (Å²) in [5.41, 5.74) is -0.652. The number of thioether (sulfide) groups is 1. The maximum absolute atomic E-state index is 12.3. The van der Waals surface area contributed by atoms with Gasteiger partial charge < -0.3 is 15.2 Å². The number of aliphatic carboxylic acids is 1. The van der Waals surface area contributed by atoms with Gasteiger partial charge in [0.1, 0.15) is 5.75 Å². The van der Waals surface area contributed by atoms with Crippen LogP contribution in [0.15, 0.2) is 29.2 Å². The zero-order valence-corrected chi connectivity index (χ0v) is 15.0. The lowest BCUT2D eigenvalue weighted by Gasteiger charge is -2.39. The Hall–Kier alpha value is -1.69. The van der Waals surface area contributed by atoms with E-state index in [9.17, 15) is 14.7 Å². The first-order chi connectivity index (χ1) is 11.4. The van der Waals surface area contributed by atoms with Crippen LogP contribution in [0.1, 0.15) is 39.5 Å². The largest absolute Gasteiger partial charge is 0.494 e. The summed E-state index contributed by atoms with van der Waals surface area (Å²) in [7, 11) is 0. The van der Waals surface area contributed by atoms with Crippen molar-refractivity contribution >= 4 is 23.6 Å². The first-order valence-corrected chi connectivity index (χ1v) is 9.32. The van der Waals surface area contributed by atoms with Crippen molar-refractivity contribution in [3.63, 3.8) is 0 Å². The minimum absolute atomic E-state index is 0.121. The summed E-state index contributed by atoms with van der Waals surface area (Å²) in [6.45, 7) is 4.41. The predicted octanol–water partition coefficient (Wildman–Crippen LogP) is 3.33. The second-order valence-electron chi connectivity index (χ2n) is 6.30. The fourth-order valence-corrected chi connectivity index (χ4v) is 3.88. The molecule has 0 bridgehead atoms. The highest BCUT2D eigenvalue weighted by atomic mass is 32.2. The van der Waals surface area contributed by atoms with Crippen molar-refractivity contribution in [1.29, 1.82) is 0 Å². The van der Waals surface area contributed by atoms with Crippen LogP contribution in [0.5, 0.6) is 5.75 Å². The van der Waals surface area contributed by atoms with Crippen LogP contribution >= 0.6 is 11.8 Å². The SMILES string of the molecule is CCOc1ccc(SCC(=O)NC2(C)CCCCC2C(=O)O)cc1. The number of carbonyl (C=O) groups is 2. The summed E-state index contributed by atoms with van der Waals surface area (Å²) < 4.78 is 5.39. The van der Waals surface area contributed by atoms with Crippen molar-refractivity contribution in [3.05, 3.63) is 24.3 Å². The summed E-state index contributed by atoms with van der Waals surface area (Å²) in [6.07, 6.45) is 3.19. The van der Waals surface area contributed by atoms with E-state index in [0.717, 1.165) is 23.5 Å². The number of hydrogen-bond donors (Lipinski definition) is 2. The molecule has 132 valence electrons. The van der Waals surface area contributed by atoms with E-state index in [-0.39, 0.29) is 11.7 Å². The van der Waals surface area contributed by atoms with Gasteiger partial charge in [0.15, 0.2) is 0 Å². The number of nitrogens with one attached hydrogen (secondary N) is 1. The maximum atomic E-state index is 12.3. The first-order valence-electron chi connectivity index (χ1n) is 8.34. The molecule has 1 aromatic rings. The van der Waals surface area contributed by atoms with Gasteiger partial charge in [-0.1, -0.05) is 12.8 Å². The summed E-state index contributed by atoms with van der Waals surface area (Å²) in [5, 5.41) is 12.4. The number of hydrogen-bond acceptors (Lipinski definition) is 4. The van der Waals surface area contributed by atoms with E-state index in [1.54, 1.807) is 0 Å². The topological polar surface area (TPSA) is 75.6 Å². The zero-order chi connectivity index (χ0) is 17.6. The van der Waals surface area contributed by atoms with Crippen LogP contribution in [-0.2, 0) is 9.59 Å². The van der Waals surface area contributed by atoms with Gasteiger partial charge in [0.2, 0.25) is 5.91 Å². The van der Waals surface area contributed by atoms with Gasteiger partial charge in [0, 0.05) is 4.90 Å². The van der Waals surface area contributed by atoms with E-state index >= 15 is 0 Å². The minimum atomic E-state index is -0.823. The fourth-order valence-electron chi connectivity index (χ4n) is 3.18. The molecule has 6 heteroatoms. The Morgan fingerprint density at radius 1 is 1.33 bits per heavy atom. The van der Waals surface area contributed by atoms with Crippen LogP contribution < -0.4 is 10.1 Å². The van der Waals surface area contributed by atoms with E-state index in [0.29, 0.717) is 19.4 Å². The van der Waals surface area contributed by atoms with Gasteiger partial charge in [-0.05, 0) is 51.0 Å². The van der Waals surface area contributed by atoms with Crippen molar-refractivity contribution in [1.82, 2.24) is 5.32 Å². The molecule has 0 heterocycles. The average molecular weight is 351 g/mol. The number of carboxylic acids is 1. The van der Waals surface area contributed by atoms with Crippen molar-refractivity contribution in [2.75, 3.05) is 12.4 Å². The molecule has 2 unspecified atom stereocenters. The van der Waals surface area contributed by atoms with Crippen LogP contribution in [0.3, 0.4) is 0 Å². The second kappa shape index (κ2) is 8.42. The van der Waals surface area contributed by atoms with E-state index in [2.05, 4.69) is 5.32 Å². The van der Waals surface area contributed by atoms with Crippen molar-refractivity contribution in [2.24, 2.45) is 5.92 Å². The maximum Gasteiger partial charge on any atom is 0.308 e. The van der Waals surface area contributed by atoms with Gasteiger partial charge in [-0.2, -0.15) is 0 Å². The molecule has 0 saturated heterocycles. The third-order valence-electron chi connectivity index (χ3n) is 4.44. The highest BCUT2D eigenvalue weighted by molar-refractivity contribution is 8.00. The highest BCUT2D eigenvalue weighted by Gasteiger charge is 2.42. The van der Waals surface area contributed by atoms with Gasteiger partial charge >= 0.3 is 5.97 Å². The minimum Gasteiger partial charge on any atom is -0.494 e. The van der Waals surface area contributed by atoms with E-state index < -0.39 is 17.4 Å². The lowest BCUT2D eigenvalue weighted by molar-refractivity contribution is -0.146. The van der Waals surface area contributed by atoms with Crippen LogP contribution in [0.25, 0.3) is 0 Å². The molecule has 1 aromatic carbocycles. The van der Waals surface area contributed by atoms with Crippen LogP contribution in [0.4, 0.5) is 0 Å². The quantitative estimate of drug-likeness (QED) is 0.737. The summed E-state index contributed by atoms with van der Waals surface area (Å²) in [5.74, 6) is -0.368. The summed E-state index contributed by atoms with van der Waals surface area (Å²) in [4.78, 5) is 24.7. The second-order valence-corrected chi connectivity index (χ2v) is 7.34. The van der Waals surface area contributed by atoms with Crippen LogP contribution in [0, 0.1) is 5.92 Å². The molecule has 5 nitrogen and oxygen atoms in total. The monoisotopic (exact) mass is 351 g/mol. The molecule has 0 aliphatic heterocycles. The third kappa shape index (κ3) is 4.90. The molecule has 2 atom stereocenters. The van der Waals surface area contributed by atoms with E-state index in [1.165, 1.54) is 11.8 Å². The molecular weight excluding hydrogens is 326 g/mol. The molecule has 1 aliphatic carbocycles. The van der Waals surface area contributed by atoms with Gasteiger partial charge in [-0.3, -0.25) is 9.59 Å². The van der Waals surface area contributed by atoms with Crippen molar-refractivity contribution in [2.45, 2.75) is 50.0 Å². The number of benzene rings is 1. The number of rotatable bonds is 7. The van der Waals surface area contributed by atoms with Gasteiger partial charge in [0.05, 0.1) is 23.8 Å². The first kappa shape index (κ1) is 18.6. The Kier molecular flexibility index (Phi) is 6.54. The van der Waals surface area contributed by atoms with Crippen LogP contribution in [0.2, 0.25) is 0 Å². The Balaban J connectivity index is 1.88. The third-order valence-corrected chi connectivity index (χ3v) is 5.45. The number of amides is 1. The number of ether oxygens (including phenoxy) is 1. The molecular formula is C18H25NO4S. The number of carbonyl (C=O) groups excluding carboxylic acids is 1. The molecule has 1 amide bonds. The average Bonchev–Trinajstić information content (AvgIpc) is 2.54. The molecule has 24 heavy (non-hydrogen) atoms. The molecule has 0 radical (unpaired) electrons. The van der Waals surface area contributed by atoms with Gasteiger partial charge in [-0.25, -0.2) is 0 Å². The lowest BCUT2D eigenvalue weighted by atomic mass is 9.74. The van der Waals surface area contributed by atoms with Crippen molar-refractivity contribution in [3.8, 4) is 5.75 Å². The summed E-state index contributed by atoms with van der Waals surface area (Å²) >= 11 is 1.44. The van der Waals surface area contributed by atoms with Gasteiger partial charge in [-0.15, -0.1) is 11.8 Å². The Morgan fingerprint density at radius 3 is 2.67 bits per heavy atom. The zero-order valence-electron chi connectivity index (χ0n) is 14.2. The smallest absolute Gasteiger partial charge is 0.308 e. The normalized spacial score (nSPS) is 23.5. The fraction of sp³-hybridized carbons (Fsp3) is 0.556. The number of carboxylic acid groups (broad SMARTS) is 1. The Labute approximate surface area is 147 Å². The highest BCUT2D eigenvalue weighted by Crippen LogP contribution is 2.34. The lowest BCUT2D eigenvalue weighted by Crippen LogP contribution is -2.55. The molecule has 1 aliphatic rings. The van der Waals surface area contributed by atoms with Gasteiger partial charge in [0.25, 0.3) is 0 Å². The van der Waals surface area contributed by atoms with E-state index in [4.69, 9.17) is 4.74 Å². The molecule has 0 aromatic heterocycles. The predicted molar refractivity (Wildman–Crippen MR) is 94.5 cm³/mol. The molecule has 2 rings (SSSR count). The van der Waals surface area contributed by atoms with Crippen molar-refractivity contribution < 1.29 is 19.4 Å². The van der Waals surface area contributed by atoms with E-state index in [1.807, 2.05) is 38.1 Å². The standard InChI is InChI=1S/C18H25NO4S/c1-3-23-13-7-9-14(10-8-13)24-12-16(20)19-18(2)11-5-4-6-15(18)17(21)22/h7-10,15H,3-6,11-12H2,1-2H3,(H,19,20)(H,21,22).